The fourth-order valence-corrected chi connectivity index (χ4v) is 3.81. The molecule has 160 valence electrons. The standard InChI is InChI=1S/C26H34N2OS/c1-2-3-4-5-6-7-8-9-10-12-15-23-18-20-25(21-19-23)30-29-28-26(22-27)24-16-13-11-14-17-24/h11,13-14,16-21H,2-10,12,15H2,1H3. The van der Waals surface area contributed by atoms with Crippen LogP contribution in [0.15, 0.2) is 64.6 Å². The van der Waals surface area contributed by atoms with Crippen molar-refractivity contribution in [3.05, 3.63) is 65.7 Å². The van der Waals surface area contributed by atoms with Crippen LogP contribution in [0.4, 0.5) is 0 Å². The van der Waals surface area contributed by atoms with Crippen LogP contribution < -0.4 is 0 Å². The van der Waals surface area contributed by atoms with E-state index in [1.165, 1.54) is 81.8 Å². The van der Waals surface area contributed by atoms with Gasteiger partial charge in [0.05, 0.1) is 4.90 Å². The summed E-state index contributed by atoms with van der Waals surface area (Å²) in [6.45, 7) is 2.27. The normalized spacial score (nSPS) is 11.3. The highest BCUT2D eigenvalue weighted by Gasteiger charge is 2.03. The minimum atomic E-state index is 0.278. The van der Waals surface area contributed by atoms with E-state index in [-0.39, 0.29) is 5.71 Å². The number of nitriles is 1. The van der Waals surface area contributed by atoms with Gasteiger partial charge in [0, 0.05) is 5.56 Å². The van der Waals surface area contributed by atoms with Gasteiger partial charge in [-0.05, 0) is 30.5 Å². The summed E-state index contributed by atoms with van der Waals surface area (Å²) in [6.07, 6.45) is 14.8. The van der Waals surface area contributed by atoms with Crippen LogP contribution in [0.1, 0.15) is 82.3 Å². The van der Waals surface area contributed by atoms with Gasteiger partial charge in [0.1, 0.15) is 18.1 Å². The van der Waals surface area contributed by atoms with Gasteiger partial charge in [-0.1, -0.05) is 112 Å². The largest absolute Gasteiger partial charge is 0.316 e. The second-order valence-electron chi connectivity index (χ2n) is 7.65. The van der Waals surface area contributed by atoms with Crippen LogP contribution in [-0.4, -0.2) is 5.71 Å². The lowest BCUT2D eigenvalue weighted by molar-refractivity contribution is 0.406. The molecule has 0 bridgehead atoms. The summed E-state index contributed by atoms with van der Waals surface area (Å²) in [5, 5.41) is 13.2. The van der Waals surface area contributed by atoms with Gasteiger partial charge >= 0.3 is 0 Å². The number of nitrogens with zero attached hydrogens (tertiary/aromatic N) is 2. The van der Waals surface area contributed by atoms with Gasteiger partial charge in [-0.2, -0.15) is 5.26 Å². The first-order valence-electron chi connectivity index (χ1n) is 11.3. The fraction of sp³-hybridized carbons (Fsp3) is 0.462. The van der Waals surface area contributed by atoms with Crippen molar-refractivity contribution in [2.45, 2.75) is 82.4 Å². The third-order valence-electron chi connectivity index (χ3n) is 5.16. The van der Waals surface area contributed by atoms with Gasteiger partial charge in [-0.25, -0.2) is 0 Å². The van der Waals surface area contributed by atoms with Crippen molar-refractivity contribution in [3.63, 3.8) is 0 Å². The van der Waals surface area contributed by atoms with Crippen molar-refractivity contribution in [1.29, 1.82) is 5.26 Å². The Bertz CT molecular complexity index is 766. The lowest BCUT2D eigenvalue weighted by Gasteiger charge is -2.04. The van der Waals surface area contributed by atoms with E-state index in [1.54, 1.807) is 0 Å². The Kier molecular flexibility index (Phi) is 12.5. The highest BCUT2D eigenvalue weighted by atomic mass is 32.2. The van der Waals surface area contributed by atoms with Gasteiger partial charge < -0.3 is 4.28 Å². The number of hydrogen-bond donors (Lipinski definition) is 0. The fourth-order valence-electron chi connectivity index (χ4n) is 3.36. The van der Waals surface area contributed by atoms with E-state index in [1.807, 2.05) is 30.3 Å². The van der Waals surface area contributed by atoms with E-state index in [9.17, 15) is 5.26 Å². The zero-order valence-corrected chi connectivity index (χ0v) is 19.0. The lowest BCUT2D eigenvalue weighted by Crippen LogP contribution is -1.96. The van der Waals surface area contributed by atoms with E-state index in [0.717, 1.165) is 16.9 Å². The maximum Gasteiger partial charge on any atom is 0.188 e. The molecule has 3 nitrogen and oxygen atoms in total. The van der Waals surface area contributed by atoms with E-state index in [2.05, 4.69) is 42.4 Å². The molecule has 0 heterocycles. The summed E-state index contributed by atoms with van der Waals surface area (Å²) in [5.74, 6) is 0. The monoisotopic (exact) mass is 422 g/mol. The Morgan fingerprint density at radius 1 is 0.833 bits per heavy atom. The molecule has 0 aromatic heterocycles. The first-order chi connectivity index (χ1) is 14.8. The minimum Gasteiger partial charge on any atom is -0.316 e. The number of benzene rings is 2. The molecular weight excluding hydrogens is 388 g/mol. The molecule has 0 amide bonds. The summed E-state index contributed by atoms with van der Waals surface area (Å²) in [6, 6.07) is 19.9. The van der Waals surface area contributed by atoms with Crippen LogP contribution in [0, 0.1) is 11.3 Å². The van der Waals surface area contributed by atoms with Crippen molar-refractivity contribution in [3.8, 4) is 6.07 Å². The minimum absolute atomic E-state index is 0.278. The molecular formula is C26H34N2OS. The maximum absolute atomic E-state index is 9.24. The van der Waals surface area contributed by atoms with Crippen LogP contribution in [0.25, 0.3) is 0 Å². The number of hydrogen-bond acceptors (Lipinski definition) is 4. The molecule has 2 rings (SSSR count). The van der Waals surface area contributed by atoms with Crippen molar-refractivity contribution >= 4 is 17.8 Å². The van der Waals surface area contributed by atoms with E-state index in [4.69, 9.17) is 4.28 Å². The molecule has 2 aromatic rings. The van der Waals surface area contributed by atoms with Gasteiger partial charge in [-0.15, -0.1) is 0 Å². The summed E-state index contributed by atoms with van der Waals surface area (Å²) in [5.41, 5.74) is 2.40. The van der Waals surface area contributed by atoms with Crippen LogP contribution in [0.3, 0.4) is 0 Å². The zero-order chi connectivity index (χ0) is 21.3. The molecule has 0 aliphatic heterocycles. The number of oxime groups is 1. The summed E-state index contributed by atoms with van der Waals surface area (Å²) >= 11 is 1.17. The number of rotatable bonds is 15. The Labute approximate surface area is 186 Å². The van der Waals surface area contributed by atoms with Crippen molar-refractivity contribution in [1.82, 2.24) is 0 Å². The second kappa shape index (κ2) is 15.6. The molecule has 2 aromatic carbocycles. The van der Waals surface area contributed by atoms with Crippen LogP contribution in [-0.2, 0) is 10.7 Å². The highest BCUT2D eigenvalue weighted by Crippen LogP contribution is 2.21. The summed E-state index contributed by atoms with van der Waals surface area (Å²) < 4.78 is 5.32. The molecule has 0 atom stereocenters. The Balaban J connectivity index is 1.60. The van der Waals surface area contributed by atoms with E-state index >= 15 is 0 Å². The highest BCUT2D eigenvalue weighted by molar-refractivity contribution is 7.94. The topological polar surface area (TPSA) is 45.4 Å². The molecule has 30 heavy (non-hydrogen) atoms. The molecule has 0 unspecified atom stereocenters. The second-order valence-corrected chi connectivity index (χ2v) is 8.44. The molecule has 0 N–H and O–H groups in total. The smallest absolute Gasteiger partial charge is 0.188 e. The average Bonchev–Trinajstić information content (AvgIpc) is 2.79. The number of aryl methyl sites for hydroxylation is 1. The van der Waals surface area contributed by atoms with Crippen LogP contribution in [0.2, 0.25) is 0 Å². The molecule has 0 radical (unpaired) electrons. The Hall–Kier alpha value is -2.25. The molecule has 4 heteroatoms. The van der Waals surface area contributed by atoms with E-state index < -0.39 is 0 Å². The maximum atomic E-state index is 9.24. The third-order valence-corrected chi connectivity index (χ3v) is 5.77. The van der Waals surface area contributed by atoms with Gasteiger partial charge in [-0.3, -0.25) is 0 Å². The summed E-state index contributed by atoms with van der Waals surface area (Å²) in [7, 11) is 0. The Morgan fingerprint density at radius 3 is 2.03 bits per heavy atom. The van der Waals surface area contributed by atoms with Gasteiger partial charge in [0.2, 0.25) is 0 Å². The molecule has 0 fully saturated rings. The van der Waals surface area contributed by atoms with E-state index in [0.29, 0.717) is 0 Å². The summed E-state index contributed by atoms with van der Waals surface area (Å²) in [4.78, 5) is 0.982. The van der Waals surface area contributed by atoms with Crippen molar-refractivity contribution < 1.29 is 4.28 Å². The SMILES string of the molecule is CCCCCCCCCCCCc1ccc(SON=C(C#N)c2ccccc2)cc1. The lowest BCUT2D eigenvalue weighted by atomic mass is 10.0. The first-order valence-corrected chi connectivity index (χ1v) is 12.0. The van der Waals surface area contributed by atoms with Crippen molar-refractivity contribution in [2.24, 2.45) is 5.16 Å². The van der Waals surface area contributed by atoms with Crippen LogP contribution >= 0.6 is 12.0 Å². The molecule has 0 spiro atoms. The Morgan fingerprint density at radius 2 is 1.43 bits per heavy atom. The molecule has 0 saturated carbocycles. The predicted molar refractivity (Wildman–Crippen MR) is 128 cm³/mol. The molecule has 0 aliphatic carbocycles. The molecule has 0 aliphatic rings. The number of unbranched alkanes of at least 4 members (excludes halogenated alkanes) is 9. The van der Waals surface area contributed by atoms with Gasteiger partial charge in [0.25, 0.3) is 0 Å². The molecule has 0 saturated heterocycles. The van der Waals surface area contributed by atoms with Gasteiger partial charge in [0.15, 0.2) is 5.71 Å². The third kappa shape index (κ3) is 9.98. The average molecular weight is 423 g/mol. The van der Waals surface area contributed by atoms with Crippen molar-refractivity contribution in [2.75, 3.05) is 0 Å². The predicted octanol–water partition coefficient (Wildman–Crippen LogP) is 8.10. The zero-order valence-electron chi connectivity index (χ0n) is 18.2. The van der Waals surface area contributed by atoms with Crippen LogP contribution in [0.5, 0.6) is 0 Å². The quantitative estimate of drug-likeness (QED) is 0.126. The first kappa shape index (κ1) is 24.0.